The van der Waals surface area contributed by atoms with Gasteiger partial charge in [-0.1, -0.05) is 12.1 Å². The molecule has 0 atom stereocenters. The summed E-state index contributed by atoms with van der Waals surface area (Å²) in [6.45, 7) is 1.93. The first-order chi connectivity index (χ1) is 7.65. The maximum Gasteiger partial charge on any atom is 0.162 e. The lowest BCUT2D eigenvalue weighted by atomic mass is 10.2. The second-order valence-electron chi connectivity index (χ2n) is 3.49. The topological polar surface area (TPSA) is 9.23 Å². The number of rotatable bonds is 2. The molecule has 0 unspecified atom stereocenters. The number of halogens is 2. The molecule has 16 heavy (non-hydrogen) atoms. The summed E-state index contributed by atoms with van der Waals surface area (Å²) in [6.07, 6.45) is 0. The van der Waals surface area contributed by atoms with Crippen LogP contribution >= 0.6 is 0 Å². The van der Waals surface area contributed by atoms with Gasteiger partial charge in [-0.05, 0) is 36.8 Å². The summed E-state index contributed by atoms with van der Waals surface area (Å²) in [6, 6.07) is 10.8. The number of ether oxygens (including phenoxy) is 1. The summed E-state index contributed by atoms with van der Waals surface area (Å²) in [7, 11) is 0. The fourth-order valence-electron chi connectivity index (χ4n) is 1.36. The van der Waals surface area contributed by atoms with Crippen molar-refractivity contribution in [3.8, 4) is 11.5 Å². The normalized spacial score (nSPS) is 10.2. The Hall–Kier alpha value is -1.90. The molecule has 2 aromatic rings. The Morgan fingerprint density at radius 3 is 2.31 bits per heavy atom. The molecule has 0 aliphatic rings. The van der Waals surface area contributed by atoms with Crippen molar-refractivity contribution in [2.75, 3.05) is 0 Å². The van der Waals surface area contributed by atoms with Crippen LogP contribution in [0.5, 0.6) is 11.5 Å². The van der Waals surface area contributed by atoms with Crippen molar-refractivity contribution < 1.29 is 13.5 Å². The van der Waals surface area contributed by atoms with Crippen molar-refractivity contribution in [1.29, 1.82) is 0 Å². The molecule has 0 amide bonds. The van der Waals surface area contributed by atoms with Crippen molar-refractivity contribution in [2.45, 2.75) is 6.92 Å². The van der Waals surface area contributed by atoms with Gasteiger partial charge in [-0.2, -0.15) is 0 Å². The van der Waals surface area contributed by atoms with Gasteiger partial charge in [0.05, 0.1) is 0 Å². The molecule has 0 spiro atoms. The Bertz CT molecular complexity index is 509. The Morgan fingerprint density at radius 1 is 0.875 bits per heavy atom. The van der Waals surface area contributed by atoms with Crippen LogP contribution in [0.1, 0.15) is 5.56 Å². The van der Waals surface area contributed by atoms with Crippen LogP contribution in [-0.2, 0) is 0 Å². The molecule has 0 saturated carbocycles. The Balaban J connectivity index is 2.24. The Morgan fingerprint density at radius 2 is 1.62 bits per heavy atom. The van der Waals surface area contributed by atoms with Gasteiger partial charge >= 0.3 is 0 Å². The highest BCUT2D eigenvalue weighted by Gasteiger charge is 2.04. The third-order valence-corrected chi connectivity index (χ3v) is 2.12. The monoisotopic (exact) mass is 220 g/mol. The molecule has 0 aliphatic carbocycles. The molecule has 3 heteroatoms. The van der Waals surface area contributed by atoms with Crippen molar-refractivity contribution in [3.05, 3.63) is 59.7 Å². The van der Waals surface area contributed by atoms with E-state index in [-0.39, 0.29) is 5.75 Å². The summed E-state index contributed by atoms with van der Waals surface area (Å²) in [5, 5.41) is 0. The van der Waals surface area contributed by atoms with Crippen molar-refractivity contribution >= 4 is 0 Å². The van der Waals surface area contributed by atoms with Gasteiger partial charge in [-0.15, -0.1) is 0 Å². The van der Waals surface area contributed by atoms with E-state index in [1.807, 2.05) is 25.1 Å². The molecule has 82 valence electrons. The third kappa shape index (κ3) is 2.37. The molecule has 0 radical (unpaired) electrons. The van der Waals surface area contributed by atoms with Gasteiger partial charge in [0.25, 0.3) is 0 Å². The Labute approximate surface area is 92.3 Å². The lowest BCUT2D eigenvalue weighted by Crippen LogP contribution is -1.88. The van der Waals surface area contributed by atoms with Crippen LogP contribution in [0.2, 0.25) is 0 Å². The van der Waals surface area contributed by atoms with Crippen LogP contribution in [0.3, 0.4) is 0 Å². The summed E-state index contributed by atoms with van der Waals surface area (Å²) >= 11 is 0. The minimum Gasteiger partial charge on any atom is -0.457 e. The number of benzene rings is 2. The minimum absolute atomic E-state index is 0.282. The van der Waals surface area contributed by atoms with Gasteiger partial charge in [-0.3, -0.25) is 0 Å². The van der Waals surface area contributed by atoms with E-state index in [9.17, 15) is 8.78 Å². The van der Waals surface area contributed by atoms with Crippen molar-refractivity contribution in [1.82, 2.24) is 0 Å². The van der Waals surface area contributed by atoms with Crippen LogP contribution < -0.4 is 4.74 Å². The number of hydrogen-bond acceptors (Lipinski definition) is 1. The molecule has 0 bridgehead atoms. The first-order valence-corrected chi connectivity index (χ1v) is 4.85. The van der Waals surface area contributed by atoms with Crippen LogP contribution in [0.25, 0.3) is 0 Å². The van der Waals surface area contributed by atoms with E-state index in [1.165, 1.54) is 6.07 Å². The van der Waals surface area contributed by atoms with Crippen LogP contribution in [0.4, 0.5) is 8.78 Å². The first kappa shape index (κ1) is 10.6. The summed E-state index contributed by atoms with van der Waals surface area (Å²) in [5.41, 5.74) is 1.04. The molecule has 0 saturated heterocycles. The standard InChI is InChI=1S/C13H10F2O/c1-9-3-2-4-10(7-9)16-11-5-6-12(14)13(15)8-11/h2-8H,1H3. The molecule has 0 aromatic heterocycles. The van der Waals surface area contributed by atoms with E-state index in [4.69, 9.17) is 4.74 Å². The summed E-state index contributed by atoms with van der Waals surface area (Å²) < 4.78 is 31.0. The highest BCUT2D eigenvalue weighted by molar-refractivity contribution is 5.33. The van der Waals surface area contributed by atoms with E-state index in [2.05, 4.69) is 0 Å². The van der Waals surface area contributed by atoms with Gasteiger partial charge < -0.3 is 4.74 Å². The molecule has 0 fully saturated rings. The molecule has 2 rings (SSSR count). The van der Waals surface area contributed by atoms with E-state index in [0.717, 1.165) is 17.7 Å². The zero-order valence-corrected chi connectivity index (χ0v) is 8.71. The van der Waals surface area contributed by atoms with E-state index in [0.29, 0.717) is 5.75 Å². The predicted molar refractivity (Wildman–Crippen MR) is 57.6 cm³/mol. The smallest absolute Gasteiger partial charge is 0.162 e. The van der Waals surface area contributed by atoms with E-state index in [1.54, 1.807) is 6.07 Å². The van der Waals surface area contributed by atoms with Crippen LogP contribution in [-0.4, -0.2) is 0 Å². The molecule has 0 N–H and O–H groups in total. The van der Waals surface area contributed by atoms with Gasteiger partial charge in [0.15, 0.2) is 11.6 Å². The number of aryl methyl sites for hydroxylation is 1. The van der Waals surface area contributed by atoms with Crippen LogP contribution in [0.15, 0.2) is 42.5 Å². The second kappa shape index (κ2) is 4.31. The van der Waals surface area contributed by atoms with Crippen molar-refractivity contribution in [2.24, 2.45) is 0 Å². The third-order valence-electron chi connectivity index (χ3n) is 2.12. The van der Waals surface area contributed by atoms with Gasteiger partial charge in [0.2, 0.25) is 0 Å². The molecular formula is C13H10F2O. The average Bonchev–Trinajstić information content (AvgIpc) is 2.24. The highest BCUT2D eigenvalue weighted by atomic mass is 19.2. The largest absolute Gasteiger partial charge is 0.457 e. The second-order valence-corrected chi connectivity index (χ2v) is 3.49. The predicted octanol–water partition coefficient (Wildman–Crippen LogP) is 4.07. The van der Waals surface area contributed by atoms with Gasteiger partial charge in [0, 0.05) is 6.07 Å². The van der Waals surface area contributed by atoms with E-state index >= 15 is 0 Å². The molecule has 0 aliphatic heterocycles. The highest BCUT2D eigenvalue weighted by Crippen LogP contribution is 2.23. The van der Waals surface area contributed by atoms with Gasteiger partial charge in [-0.25, -0.2) is 8.78 Å². The maximum atomic E-state index is 12.9. The zero-order valence-electron chi connectivity index (χ0n) is 8.71. The zero-order chi connectivity index (χ0) is 11.5. The SMILES string of the molecule is Cc1cccc(Oc2ccc(F)c(F)c2)c1. The fourth-order valence-corrected chi connectivity index (χ4v) is 1.36. The molecular weight excluding hydrogens is 210 g/mol. The minimum atomic E-state index is -0.912. The molecule has 0 heterocycles. The fraction of sp³-hybridized carbons (Fsp3) is 0.0769. The summed E-state index contributed by atoms with van der Waals surface area (Å²) in [4.78, 5) is 0. The lowest BCUT2D eigenvalue weighted by Gasteiger charge is -2.06. The quantitative estimate of drug-likeness (QED) is 0.741. The van der Waals surface area contributed by atoms with E-state index < -0.39 is 11.6 Å². The first-order valence-electron chi connectivity index (χ1n) is 4.85. The lowest BCUT2D eigenvalue weighted by molar-refractivity contribution is 0.461. The molecule has 1 nitrogen and oxygen atoms in total. The maximum absolute atomic E-state index is 12.9. The average molecular weight is 220 g/mol. The molecule has 2 aromatic carbocycles. The summed E-state index contributed by atoms with van der Waals surface area (Å²) in [5.74, 6) is -0.905. The Kier molecular flexibility index (Phi) is 2.86. The van der Waals surface area contributed by atoms with Crippen molar-refractivity contribution in [3.63, 3.8) is 0 Å². The van der Waals surface area contributed by atoms with Gasteiger partial charge in [0.1, 0.15) is 11.5 Å². The van der Waals surface area contributed by atoms with Crippen LogP contribution in [0, 0.1) is 18.6 Å². The number of hydrogen-bond donors (Lipinski definition) is 0.